The molecule has 0 aliphatic carbocycles. The molecule has 8 heteroatoms. The highest BCUT2D eigenvalue weighted by Crippen LogP contribution is 2.18. The molecule has 0 heterocycles. The number of aryl methyl sites for hydroxylation is 2. The molecular formula is C25H33N3O5. The first kappa shape index (κ1) is 25.9. The molecule has 1 atom stereocenters. The van der Waals surface area contributed by atoms with Crippen LogP contribution in [0.2, 0.25) is 0 Å². The van der Waals surface area contributed by atoms with Crippen LogP contribution in [0.25, 0.3) is 0 Å². The Labute approximate surface area is 195 Å². The van der Waals surface area contributed by atoms with Crippen molar-refractivity contribution in [2.24, 2.45) is 5.84 Å². The SMILES string of the molecule is Cc1ccc(N(N)C(=O)CCC(NC(=O)OC(C)(C)C)C(=O)OCc2ccccc2)cc1C. The van der Waals surface area contributed by atoms with Crippen molar-refractivity contribution in [1.82, 2.24) is 5.32 Å². The Hall–Kier alpha value is -3.39. The van der Waals surface area contributed by atoms with Crippen LogP contribution in [0.5, 0.6) is 0 Å². The summed E-state index contributed by atoms with van der Waals surface area (Å²) in [6.45, 7) is 9.10. The van der Waals surface area contributed by atoms with Crippen LogP contribution in [0.1, 0.15) is 50.3 Å². The predicted octanol–water partition coefficient (Wildman–Crippen LogP) is 3.93. The molecule has 0 aliphatic rings. The summed E-state index contributed by atoms with van der Waals surface area (Å²) in [5.41, 5.74) is 2.70. The second kappa shape index (κ2) is 11.5. The monoisotopic (exact) mass is 455 g/mol. The van der Waals surface area contributed by atoms with Crippen LogP contribution in [0.4, 0.5) is 10.5 Å². The second-order valence-electron chi connectivity index (χ2n) is 8.86. The van der Waals surface area contributed by atoms with Gasteiger partial charge in [0.2, 0.25) is 5.91 Å². The third-order valence-corrected chi connectivity index (χ3v) is 4.88. The highest BCUT2D eigenvalue weighted by molar-refractivity contribution is 5.93. The smallest absolute Gasteiger partial charge is 0.408 e. The van der Waals surface area contributed by atoms with E-state index in [-0.39, 0.29) is 19.4 Å². The number of rotatable bonds is 8. The van der Waals surface area contributed by atoms with E-state index in [1.165, 1.54) is 0 Å². The number of esters is 1. The summed E-state index contributed by atoms with van der Waals surface area (Å²) in [4.78, 5) is 37.6. The molecule has 2 rings (SSSR count). The van der Waals surface area contributed by atoms with Gasteiger partial charge in [0.05, 0.1) is 5.69 Å². The van der Waals surface area contributed by atoms with E-state index in [1.54, 1.807) is 26.8 Å². The third kappa shape index (κ3) is 8.57. The fourth-order valence-corrected chi connectivity index (χ4v) is 2.94. The standard InChI is InChI=1S/C25H33N3O5/c1-17-11-12-20(15-18(17)2)28(26)22(29)14-13-21(27-24(31)33-25(3,4)5)23(30)32-16-19-9-7-6-8-10-19/h6-12,15,21H,13-14,16,26H2,1-5H3,(H,27,31). The Morgan fingerprint density at radius 1 is 1.03 bits per heavy atom. The highest BCUT2D eigenvalue weighted by Gasteiger charge is 2.27. The molecule has 8 nitrogen and oxygen atoms in total. The number of alkyl carbamates (subject to hydrolysis) is 1. The minimum atomic E-state index is -1.07. The van der Waals surface area contributed by atoms with Crippen LogP contribution in [0.15, 0.2) is 48.5 Å². The predicted molar refractivity (Wildman–Crippen MR) is 126 cm³/mol. The van der Waals surface area contributed by atoms with Crippen molar-refractivity contribution < 1.29 is 23.9 Å². The Balaban J connectivity index is 2.04. The molecule has 0 saturated heterocycles. The Kier molecular flexibility index (Phi) is 8.99. The van der Waals surface area contributed by atoms with E-state index in [0.717, 1.165) is 21.7 Å². The summed E-state index contributed by atoms with van der Waals surface area (Å²) in [6.07, 6.45) is -0.843. The van der Waals surface area contributed by atoms with Gasteiger partial charge in [0.1, 0.15) is 18.2 Å². The molecule has 0 spiro atoms. The largest absolute Gasteiger partial charge is 0.459 e. The van der Waals surface area contributed by atoms with Gasteiger partial charge in [0.15, 0.2) is 0 Å². The summed E-state index contributed by atoms with van der Waals surface area (Å²) >= 11 is 0. The number of ether oxygens (including phenoxy) is 2. The van der Waals surface area contributed by atoms with Gasteiger partial charge < -0.3 is 14.8 Å². The van der Waals surface area contributed by atoms with E-state index in [1.807, 2.05) is 56.3 Å². The highest BCUT2D eigenvalue weighted by atomic mass is 16.6. The maximum Gasteiger partial charge on any atom is 0.408 e. The van der Waals surface area contributed by atoms with E-state index in [2.05, 4.69) is 5.32 Å². The number of benzene rings is 2. The van der Waals surface area contributed by atoms with E-state index in [4.69, 9.17) is 15.3 Å². The third-order valence-electron chi connectivity index (χ3n) is 4.88. The van der Waals surface area contributed by atoms with Gasteiger partial charge in [-0.15, -0.1) is 0 Å². The Morgan fingerprint density at radius 2 is 1.70 bits per heavy atom. The minimum absolute atomic E-state index is 0.00421. The van der Waals surface area contributed by atoms with Crippen molar-refractivity contribution in [3.63, 3.8) is 0 Å². The number of nitrogens with one attached hydrogen (secondary N) is 1. The molecule has 2 amide bonds. The van der Waals surface area contributed by atoms with E-state index < -0.39 is 29.6 Å². The number of hydrazine groups is 1. The van der Waals surface area contributed by atoms with Crippen LogP contribution in [0.3, 0.4) is 0 Å². The van der Waals surface area contributed by atoms with Crippen LogP contribution in [-0.4, -0.2) is 29.6 Å². The van der Waals surface area contributed by atoms with Crippen molar-refractivity contribution in [2.75, 3.05) is 5.01 Å². The zero-order valence-electron chi connectivity index (χ0n) is 19.9. The molecule has 2 aromatic rings. The molecule has 0 bridgehead atoms. The maximum atomic E-state index is 12.7. The number of hydrogen-bond donors (Lipinski definition) is 2. The van der Waals surface area contributed by atoms with Gasteiger partial charge >= 0.3 is 12.1 Å². The Morgan fingerprint density at radius 3 is 2.30 bits per heavy atom. The van der Waals surface area contributed by atoms with Gasteiger partial charge in [-0.3, -0.25) is 4.79 Å². The molecular weight excluding hydrogens is 422 g/mol. The van der Waals surface area contributed by atoms with Crippen LogP contribution in [0, 0.1) is 13.8 Å². The molecule has 1 unspecified atom stereocenters. The van der Waals surface area contributed by atoms with Crippen molar-refractivity contribution in [3.05, 3.63) is 65.2 Å². The molecule has 178 valence electrons. The van der Waals surface area contributed by atoms with Gasteiger partial charge in [-0.05, 0) is 69.9 Å². The zero-order valence-corrected chi connectivity index (χ0v) is 19.9. The maximum absolute atomic E-state index is 12.7. The average Bonchev–Trinajstić information content (AvgIpc) is 2.75. The average molecular weight is 456 g/mol. The minimum Gasteiger partial charge on any atom is -0.459 e. The normalized spacial score (nSPS) is 11.9. The van der Waals surface area contributed by atoms with Gasteiger partial charge in [-0.25, -0.2) is 20.4 Å². The topological polar surface area (TPSA) is 111 Å². The first-order chi connectivity index (χ1) is 15.5. The molecule has 0 aliphatic heterocycles. The fraction of sp³-hybridized carbons (Fsp3) is 0.400. The molecule has 2 aromatic carbocycles. The molecule has 3 N–H and O–H groups in total. The lowest BCUT2D eigenvalue weighted by Gasteiger charge is -2.23. The summed E-state index contributed by atoms with van der Waals surface area (Å²) in [7, 11) is 0. The van der Waals surface area contributed by atoms with Crippen molar-refractivity contribution in [1.29, 1.82) is 0 Å². The molecule has 0 fully saturated rings. The van der Waals surface area contributed by atoms with Gasteiger partial charge in [-0.1, -0.05) is 36.4 Å². The van der Waals surface area contributed by atoms with Crippen LogP contribution >= 0.6 is 0 Å². The lowest BCUT2D eigenvalue weighted by molar-refractivity contribution is -0.147. The molecule has 0 radical (unpaired) electrons. The zero-order chi connectivity index (χ0) is 24.6. The lowest BCUT2D eigenvalue weighted by Crippen LogP contribution is -2.45. The summed E-state index contributed by atoms with van der Waals surface area (Å²) in [6, 6.07) is 13.6. The summed E-state index contributed by atoms with van der Waals surface area (Å²) in [5.74, 6) is 4.94. The van der Waals surface area contributed by atoms with E-state index in [0.29, 0.717) is 5.69 Å². The number of amides is 2. The van der Waals surface area contributed by atoms with E-state index >= 15 is 0 Å². The summed E-state index contributed by atoms with van der Waals surface area (Å²) in [5, 5.41) is 3.56. The van der Waals surface area contributed by atoms with Crippen molar-refractivity contribution in [3.8, 4) is 0 Å². The molecule has 0 aromatic heterocycles. The van der Waals surface area contributed by atoms with Gasteiger partial charge in [-0.2, -0.15) is 0 Å². The number of nitrogens with two attached hydrogens (primary N) is 1. The van der Waals surface area contributed by atoms with Crippen LogP contribution < -0.4 is 16.2 Å². The van der Waals surface area contributed by atoms with Gasteiger partial charge in [0.25, 0.3) is 0 Å². The first-order valence-corrected chi connectivity index (χ1v) is 10.8. The number of carbonyl (C=O) groups is 3. The number of carbonyl (C=O) groups excluding carboxylic acids is 3. The number of anilines is 1. The molecule has 33 heavy (non-hydrogen) atoms. The number of hydrogen-bond acceptors (Lipinski definition) is 6. The first-order valence-electron chi connectivity index (χ1n) is 10.8. The van der Waals surface area contributed by atoms with Gasteiger partial charge in [0, 0.05) is 6.42 Å². The van der Waals surface area contributed by atoms with Crippen molar-refractivity contribution >= 4 is 23.7 Å². The number of nitrogens with zero attached hydrogens (tertiary/aromatic N) is 1. The molecule has 0 saturated carbocycles. The van der Waals surface area contributed by atoms with E-state index in [9.17, 15) is 14.4 Å². The van der Waals surface area contributed by atoms with Crippen LogP contribution in [-0.2, 0) is 25.7 Å². The lowest BCUT2D eigenvalue weighted by atomic mass is 10.1. The van der Waals surface area contributed by atoms with Crippen molar-refractivity contribution in [2.45, 2.75) is 65.7 Å². The Bertz CT molecular complexity index is 970. The fourth-order valence-electron chi connectivity index (χ4n) is 2.94. The summed E-state index contributed by atoms with van der Waals surface area (Å²) < 4.78 is 10.6. The quantitative estimate of drug-likeness (QED) is 0.270. The second-order valence-corrected chi connectivity index (χ2v) is 8.86.